The molecule has 0 heterocycles. The van der Waals surface area contributed by atoms with E-state index in [1.807, 2.05) is 24.3 Å². The van der Waals surface area contributed by atoms with Gasteiger partial charge in [0.25, 0.3) is 0 Å². The number of benzene rings is 4. The van der Waals surface area contributed by atoms with E-state index in [4.69, 9.17) is 0 Å². The summed E-state index contributed by atoms with van der Waals surface area (Å²) in [5.41, 5.74) is 4.60. The van der Waals surface area contributed by atoms with Gasteiger partial charge in [-0.05, 0) is 119 Å². The predicted octanol–water partition coefficient (Wildman–Crippen LogP) is 10.0. The number of hydrogen-bond acceptors (Lipinski definition) is 6. The minimum Gasteiger partial charge on any atom is -0.744 e. The summed E-state index contributed by atoms with van der Waals surface area (Å²) in [6, 6.07) is 18.3. The molecule has 0 aliphatic carbocycles. The van der Waals surface area contributed by atoms with Crippen LogP contribution in [0.25, 0.3) is 21.5 Å². The van der Waals surface area contributed by atoms with Crippen LogP contribution in [0, 0.1) is 0 Å². The molecule has 0 amide bonds. The van der Waals surface area contributed by atoms with Gasteiger partial charge in [0.1, 0.15) is 20.2 Å². The van der Waals surface area contributed by atoms with Crippen LogP contribution in [0.3, 0.4) is 0 Å². The molecule has 49 heavy (non-hydrogen) atoms. The van der Waals surface area contributed by atoms with E-state index < -0.39 is 20.2 Å². The smallest absolute Gasteiger partial charge is 0.744 e. The van der Waals surface area contributed by atoms with Crippen molar-refractivity contribution >= 4 is 79.5 Å². The van der Waals surface area contributed by atoms with E-state index in [9.17, 15) is 25.9 Å². The van der Waals surface area contributed by atoms with E-state index in [0.717, 1.165) is 136 Å². The second-order valence-electron chi connectivity index (χ2n) is 12.9. The van der Waals surface area contributed by atoms with Gasteiger partial charge in [-0.3, -0.25) is 0 Å². The average molecular weight is 735 g/mol. The fourth-order valence-corrected chi connectivity index (χ4v) is 7.80. The quantitative estimate of drug-likeness (QED) is 0.0571. The third kappa shape index (κ3) is 13.5. The van der Waals surface area contributed by atoms with E-state index in [-0.39, 0.29) is 47.5 Å². The maximum Gasteiger partial charge on any atom is 2.00 e. The maximum atomic E-state index is 11.6. The minimum absolute atomic E-state index is 0. The number of hydrogen-bond donors (Lipinski definition) is 0. The summed E-state index contributed by atoms with van der Waals surface area (Å²) < 4.78 is 69.8. The Morgan fingerprint density at radius 1 is 0.449 bits per heavy atom. The molecule has 0 aliphatic heterocycles. The summed E-state index contributed by atoms with van der Waals surface area (Å²) in [6.45, 7) is 8.67. The molecule has 0 spiro atoms. The van der Waals surface area contributed by atoms with Crippen LogP contribution in [-0.4, -0.2) is 63.7 Å². The summed E-state index contributed by atoms with van der Waals surface area (Å²) in [7, 11) is -8.93. The molecule has 0 aromatic heterocycles. The Bertz CT molecular complexity index is 1700. The molecule has 4 rings (SSSR count). The molecule has 0 fully saturated rings. The van der Waals surface area contributed by atoms with Crippen molar-refractivity contribution in [1.82, 2.24) is 0 Å². The van der Waals surface area contributed by atoms with Crippen molar-refractivity contribution in [3.8, 4) is 0 Å². The normalized spacial score (nSPS) is 11.7. The Kier molecular flexibility index (Phi) is 19.4. The predicted molar refractivity (Wildman–Crippen MR) is 202 cm³/mol. The van der Waals surface area contributed by atoms with Crippen LogP contribution in [-0.2, 0) is 45.9 Å². The molecule has 0 atom stereocenters. The van der Waals surface area contributed by atoms with Crippen molar-refractivity contribution in [3.05, 3.63) is 82.9 Å². The second-order valence-corrected chi connectivity index (χ2v) is 15.6. The molecule has 0 saturated carbocycles. The first-order valence-corrected chi connectivity index (χ1v) is 20.8. The molecular weight excluding hydrogens is 681 g/mol. The van der Waals surface area contributed by atoms with Gasteiger partial charge in [-0.2, -0.15) is 0 Å². The SMILES string of the molecule is CCCCCc1cc(CCCCC)c2cccc(S(=O)(=O)[O-])c2c1.CCCCCc1cc(CCCCC)c2cccc(S(=O)(=O)[O-])c2c1.[Ca+2]. The summed E-state index contributed by atoms with van der Waals surface area (Å²) in [5.74, 6) is 0. The zero-order valence-corrected chi connectivity index (χ0v) is 33.9. The van der Waals surface area contributed by atoms with Gasteiger partial charge in [0, 0.05) is 0 Å². The van der Waals surface area contributed by atoms with E-state index >= 15 is 0 Å². The largest absolute Gasteiger partial charge is 2.00 e. The molecule has 6 nitrogen and oxygen atoms in total. The van der Waals surface area contributed by atoms with Crippen LogP contribution in [0.5, 0.6) is 0 Å². The molecule has 4 aromatic carbocycles. The van der Waals surface area contributed by atoms with Gasteiger partial charge < -0.3 is 9.11 Å². The summed E-state index contributed by atoms with van der Waals surface area (Å²) in [5, 5.41) is 2.99. The average Bonchev–Trinajstić information content (AvgIpc) is 3.04. The van der Waals surface area contributed by atoms with Crippen LogP contribution < -0.4 is 0 Å². The number of unbranched alkanes of at least 4 members (excludes halogenated alkanes) is 8. The first-order chi connectivity index (χ1) is 22.9. The second kappa shape index (κ2) is 21.8. The van der Waals surface area contributed by atoms with Gasteiger partial charge in [-0.25, -0.2) is 16.8 Å². The van der Waals surface area contributed by atoms with E-state index in [1.54, 1.807) is 12.1 Å². The Labute approximate surface area is 326 Å². The standard InChI is InChI=1S/2C20H28O3S.Ca/c2*1-3-5-7-10-16-14-17(11-8-6-4-2)18-12-9-13-20(19(18)15-16)24(21,22)23;/h2*9,12-15H,3-8,10-11H2,1-2H3,(H,21,22,23);/q;;+2/p-2. The zero-order chi connectivity index (χ0) is 35.2. The van der Waals surface area contributed by atoms with E-state index in [0.29, 0.717) is 10.8 Å². The third-order valence-electron chi connectivity index (χ3n) is 8.98. The zero-order valence-electron chi connectivity index (χ0n) is 30.1. The fourth-order valence-electron chi connectivity index (χ4n) is 6.43. The molecule has 4 aromatic rings. The molecule has 0 unspecified atom stereocenters. The number of aryl methyl sites for hydroxylation is 4. The van der Waals surface area contributed by atoms with Gasteiger partial charge in [0.05, 0.1) is 9.79 Å². The molecule has 264 valence electrons. The van der Waals surface area contributed by atoms with Gasteiger partial charge in [-0.1, -0.05) is 115 Å². The Hall–Kier alpha value is -1.52. The van der Waals surface area contributed by atoms with Gasteiger partial charge >= 0.3 is 37.7 Å². The van der Waals surface area contributed by atoms with Gasteiger partial charge in [0.15, 0.2) is 0 Å². The van der Waals surface area contributed by atoms with Crippen molar-refractivity contribution in [2.75, 3.05) is 0 Å². The molecular formula is C40H54CaO6S2. The molecule has 0 radical (unpaired) electrons. The molecule has 0 N–H and O–H groups in total. The Morgan fingerprint density at radius 2 is 0.776 bits per heavy atom. The summed E-state index contributed by atoms with van der Waals surface area (Å²) in [4.78, 5) is -0.178. The first-order valence-electron chi connectivity index (χ1n) is 17.9. The maximum absolute atomic E-state index is 11.6. The first kappa shape index (κ1) is 43.6. The van der Waals surface area contributed by atoms with Crippen LogP contribution in [0.2, 0.25) is 0 Å². The topological polar surface area (TPSA) is 114 Å². The Balaban J connectivity index is 0.000000333. The van der Waals surface area contributed by atoms with Crippen LogP contribution in [0.15, 0.2) is 70.5 Å². The van der Waals surface area contributed by atoms with Gasteiger partial charge in [0.2, 0.25) is 0 Å². The van der Waals surface area contributed by atoms with Crippen molar-refractivity contribution < 1.29 is 25.9 Å². The third-order valence-corrected chi connectivity index (χ3v) is 10.8. The number of fused-ring (bicyclic) bond motifs is 2. The Morgan fingerprint density at radius 3 is 1.08 bits per heavy atom. The molecule has 0 aliphatic rings. The van der Waals surface area contributed by atoms with Crippen LogP contribution in [0.4, 0.5) is 0 Å². The number of rotatable bonds is 18. The molecule has 0 saturated heterocycles. The fraction of sp³-hybridized carbons (Fsp3) is 0.500. The molecule has 9 heteroatoms. The van der Waals surface area contributed by atoms with Crippen molar-refractivity contribution in [2.24, 2.45) is 0 Å². The minimum atomic E-state index is -4.46. The van der Waals surface area contributed by atoms with Crippen molar-refractivity contribution in [3.63, 3.8) is 0 Å². The monoisotopic (exact) mass is 734 g/mol. The van der Waals surface area contributed by atoms with E-state index in [2.05, 4.69) is 39.8 Å². The summed E-state index contributed by atoms with van der Waals surface area (Å²) >= 11 is 0. The van der Waals surface area contributed by atoms with Crippen molar-refractivity contribution in [2.45, 2.75) is 140 Å². The van der Waals surface area contributed by atoms with Gasteiger partial charge in [-0.15, -0.1) is 0 Å². The van der Waals surface area contributed by atoms with E-state index in [1.165, 1.54) is 12.1 Å². The summed E-state index contributed by atoms with van der Waals surface area (Å²) in [6.07, 6.45) is 17.3. The van der Waals surface area contributed by atoms with Crippen molar-refractivity contribution in [1.29, 1.82) is 0 Å². The molecule has 0 bridgehead atoms. The van der Waals surface area contributed by atoms with Crippen LogP contribution in [0.1, 0.15) is 127 Å². The van der Waals surface area contributed by atoms with Crippen LogP contribution >= 0.6 is 0 Å².